The lowest BCUT2D eigenvalue weighted by Gasteiger charge is -2.17. The van der Waals surface area contributed by atoms with Crippen LogP contribution in [0.5, 0.6) is 0 Å². The van der Waals surface area contributed by atoms with Gasteiger partial charge in [0.25, 0.3) is 0 Å². The Balaban J connectivity index is 2.21. The maximum Gasteiger partial charge on any atom is 0.139 e. The molecule has 2 heterocycles. The SMILES string of the molecule is CC(C)Nc1cc(N(C)c2ccc[nH]2)ncn1. The van der Waals surface area contributed by atoms with Crippen LogP contribution in [0, 0.1) is 0 Å². The Morgan fingerprint density at radius 3 is 2.82 bits per heavy atom. The molecule has 17 heavy (non-hydrogen) atoms. The summed E-state index contributed by atoms with van der Waals surface area (Å²) in [7, 11) is 1.97. The number of nitrogens with one attached hydrogen (secondary N) is 2. The molecular formula is C12H17N5. The van der Waals surface area contributed by atoms with Crippen molar-refractivity contribution in [2.24, 2.45) is 0 Å². The summed E-state index contributed by atoms with van der Waals surface area (Å²) in [5, 5.41) is 3.26. The lowest BCUT2D eigenvalue weighted by atomic mass is 10.4. The van der Waals surface area contributed by atoms with Crippen molar-refractivity contribution < 1.29 is 0 Å². The average molecular weight is 231 g/mol. The lowest BCUT2D eigenvalue weighted by Crippen LogP contribution is -2.14. The third kappa shape index (κ3) is 2.75. The molecule has 2 rings (SSSR count). The van der Waals surface area contributed by atoms with Crippen LogP contribution in [-0.2, 0) is 0 Å². The van der Waals surface area contributed by atoms with Gasteiger partial charge in [0.1, 0.15) is 23.8 Å². The second-order valence-corrected chi connectivity index (χ2v) is 4.17. The van der Waals surface area contributed by atoms with Crippen molar-refractivity contribution in [2.45, 2.75) is 19.9 Å². The molecular weight excluding hydrogens is 214 g/mol. The number of hydrogen-bond donors (Lipinski definition) is 2. The van der Waals surface area contributed by atoms with Gasteiger partial charge in [-0.05, 0) is 26.0 Å². The standard InChI is InChI=1S/C12H17N5/c1-9(2)16-10-7-12(15-8-14-10)17(3)11-5-4-6-13-11/h4-9,13H,1-3H3,(H,14,15,16). The van der Waals surface area contributed by atoms with Gasteiger partial charge in [0.05, 0.1) is 0 Å². The highest BCUT2D eigenvalue weighted by molar-refractivity contribution is 5.58. The summed E-state index contributed by atoms with van der Waals surface area (Å²) >= 11 is 0. The third-order valence-electron chi connectivity index (χ3n) is 2.38. The number of rotatable bonds is 4. The van der Waals surface area contributed by atoms with Crippen LogP contribution >= 0.6 is 0 Å². The van der Waals surface area contributed by atoms with Crippen LogP contribution in [0.1, 0.15) is 13.8 Å². The van der Waals surface area contributed by atoms with E-state index >= 15 is 0 Å². The molecule has 0 fully saturated rings. The molecule has 0 atom stereocenters. The number of aromatic amines is 1. The van der Waals surface area contributed by atoms with Crippen molar-refractivity contribution in [3.05, 3.63) is 30.7 Å². The van der Waals surface area contributed by atoms with Gasteiger partial charge in [0.2, 0.25) is 0 Å². The van der Waals surface area contributed by atoms with Gasteiger partial charge in [-0.1, -0.05) is 0 Å². The van der Waals surface area contributed by atoms with Crippen molar-refractivity contribution in [2.75, 3.05) is 17.3 Å². The summed E-state index contributed by atoms with van der Waals surface area (Å²) < 4.78 is 0. The van der Waals surface area contributed by atoms with Crippen LogP contribution in [0.15, 0.2) is 30.7 Å². The van der Waals surface area contributed by atoms with Crippen molar-refractivity contribution in [1.29, 1.82) is 0 Å². The Morgan fingerprint density at radius 1 is 1.35 bits per heavy atom. The molecule has 0 spiro atoms. The topological polar surface area (TPSA) is 56.8 Å². The van der Waals surface area contributed by atoms with Gasteiger partial charge >= 0.3 is 0 Å². The number of hydrogen-bond acceptors (Lipinski definition) is 4. The minimum absolute atomic E-state index is 0.355. The molecule has 0 aliphatic carbocycles. The van der Waals surface area contributed by atoms with E-state index < -0.39 is 0 Å². The molecule has 0 radical (unpaired) electrons. The fourth-order valence-electron chi connectivity index (χ4n) is 1.56. The maximum absolute atomic E-state index is 4.26. The van der Waals surface area contributed by atoms with Crippen LogP contribution in [0.2, 0.25) is 0 Å². The van der Waals surface area contributed by atoms with Crippen molar-refractivity contribution in [3.63, 3.8) is 0 Å². The molecule has 0 aliphatic heterocycles. The van der Waals surface area contributed by atoms with E-state index in [1.54, 1.807) is 6.33 Å². The molecule has 2 aromatic heterocycles. The fourth-order valence-corrected chi connectivity index (χ4v) is 1.56. The highest BCUT2D eigenvalue weighted by Crippen LogP contribution is 2.20. The van der Waals surface area contributed by atoms with E-state index in [0.717, 1.165) is 17.5 Å². The summed E-state index contributed by atoms with van der Waals surface area (Å²) in [6.07, 6.45) is 3.46. The lowest BCUT2D eigenvalue weighted by molar-refractivity contribution is 0.885. The first kappa shape index (κ1) is 11.4. The number of aromatic nitrogens is 3. The molecule has 0 aromatic carbocycles. The minimum atomic E-state index is 0.355. The summed E-state index contributed by atoms with van der Waals surface area (Å²) in [4.78, 5) is 13.6. The molecule has 2 N–H and O–H groups in total. The average Bonchev–Trinajstić information content (AvgIpc) is 2.81. The van der Waals surface area contributed by atoms with Gasteiger partial charge in [0.15, 0.2) is 0 Å². The van der Waals surface area contributed by atoms with Crippen LogP contribution < -0.4 is 10.2 Å². The zero-order valence-corrected chi connectivity index (χ0v) is 10.3. The molecule has 0 aliphatic rings. The monoisotopic (exact) mass is 231 g/mol. The fraction of sp³-hybridized carbons (Fsp3) is 0.333. The second kappa shape index (κ2) is 4.86. The number of H-pyrrole nitrogens is 1. The van der Waals surface area contributed by atoms with E-state index in [9.17, 15) is 0 Å². The van der Waals surface area contributed by atoms with Crippen LogP contribution in [0.3, 0.4) is 0 Å². The van der Waals surface area contributed by atoms with Crippen LogP contribution in [0.4, 0.5) is 17.5 Å². The van der Waals surface area contributed by atoms with E-state index in [0.29, 0.717) is 6.04 Å². The number of nitrogens with zero attached hydrogens (tertiary/aromatic N) is 3. The largest absolute Gasteiger partial charge is 0.368 e. The smallest absolute Gasteiger partial charge is 0.139 e. The van der Waals surface area contributed by atoms with E-state index in [4.69, 9.17) is 0 Å². The molecule has 5 nitrogen and oxygen atoms in total. The summed E-state index contributed by atoms with van der Waals surface area (Å²) in [6.45, 7) is 4.16. The Labute approximate surface area is 101 Å². The molecule has 0 saturated carbocycles. The highest BCUT2D eigenvalue weighted by Gasteiger charge is 2.07. The van der Waals surface area contributed by atoms with E-state index in [1.807, 2.05) is 36.3 Å². The van der Waals surface area contributed by atoms with E-state index in [-0.39, 0.29) is 0 Å². The highest BCUT2D eigenvalue weighted by atomic mass is 15.2. The van der Waals surface area contributed by atoms with Crippen molar-refractivity contribution in [1.82, 2.24) is 15.0 Å². The Hall–Kier alpha value is -2.04. The van der Waals surface area contributed by atoms with Gasteiger partial charge in [0, 0.05) is 25.4 Å². The Bertz CT molecular complexity index is 464. The third-order valence-corrected chi connectivity index (χ3v) is 2.38. The van der Waals surface area contributed by atoms with Crippen LogP contribution in [-0.4, -0.2) is 28.0 Å². The first-order valence-corrected chi connectivity index (χ1v) is 5.62. The van der Waals surface area contributed by atoms with Gasteiger partial charge in [-0.2, -0.15) is 0 Å². The normalized spacial score (nSPS) is 10.6. The summed E-state index contributed by atoms with van der Waals surface area (Å²) in [5.41, 5.74) is 0. The Kier molecular flexibility index (Phi) is 3.27. The van der Waals surface area contributed by atoms with E-state index in [1.165, 1.54) is 0 Å². The molecule has 2 aromatic rings. The maximum atomic E-state index is 4.26. The number of anilines is 3. The van der Waals surface area contributed by atoms with Gasteiger partial charge in [-0.25, -0.2) is 9.97 Å². The molecule has 0 bridgehead atoms. The molecule has 5 heteroatoms. The first-order valence-electron chi connectivity index (χ1n) is 5.62. The molecule has 0 saturated heterocycles. The minimum Gasteiger partial charge on any atom is -0.368 e. The zero-order chi connectivity index (χ0) is 12.3. The van der Waals surface area contributed by atoms with Gasteiger partial charge in [-0.3, -0.25) is 0 Å². The van der Waals surface area contributed by atoms with Crippen molar-refractivity contribution >= 4 is 17.5 Å². The predicted octanol–water partition coefficient (Wildman–Crippen LogP) is 2.39. The molecule has 0 amide bonds. The quantitative estimate of drug-likeness (QED) is 0.848. The molecule has 0 unspecified atom stereocenters. The first-order chi connectivity index (χ1) is 8.16. The van der Waals surface area contributed by atoms with Gasteiger partial charge < -0.3 is 15.2 Å². The van der Waals surface area contributed by atoms with Crippen LogP contribution in [0.25, 0.3) is 0 Å². The van der Waals surface area contributed by atoms with Gasteiger partial charge in [-0.15, -0.1) is 0 Å². The zero-order valence-electron chi connectivity index (χ0n) is 10.3. The van der Waals surface area contributed by atoms with E-state index in [2.05, 4.69) is 34.1 Å². The van der Waals surface area contributed by atoms with Crippen molar-refractivity contribution in [3.8, 4) is 0 Å². The predicted molar refractivity (Wildman–Crippen MR) is 69.6 cm³/mol. The summed E-state index contributed by atoms with van der Waals surface area (Å²) in [6, 6.07) is 6.24. The second-order valence-electron chi connectivity index (χ2n) is 4.17. The molecule has 90 valence electrons. The summed E-state index contributed by atoms with van der Waals surface area (Å²) in [5.74, 6) is 2.69. The Morgan fingerprint density at radius 2 is 2.18 bits per heavy atom.